The van der Waals surface area contributed by atoms with Crippen LogP contribution in [-0.4, -0.2) is 23.0 Å². The van der Waals surface area contributed by atoms with Crippen molar-refractivity contribution in [3.8, 4) is 17.2 Å². The summed E-state index contributed by atoms with van der Waals surface area (Å²) in [6.07, 6.45) is -0.584. The van der Waals surface area contributed by atoms with Gasteiger partial charge < -0.3 is 9.47 Å². The summed E-state index contributed by atoms with van der Waals surface area (Å²) in [6.45, 7) is 8.26. The van der Waals surface area contributed by atoms with Crippen molar-refractivity contribution in [1.82, 2.24) is 9.78 Å². The number of methoxy groups -OCH3 is 1. The molecule has 0 saturated carbocycles. The first-order valence-electron chi connectivity index (χ1n) is 9.07. The van der Waals surface area contributed by atoms with Crippen LogP contribution in [0.1, 0.15) is 32.0 Å². The number of ether oxygens (including phenoxy) is 2. The summed E-state index contributed by atoms with van der Waals surface area (Å²) in [6, 6.07) is 16.6. The van der Waals surface area contributed by atoms with Crippen LogP contribution in [0.15, 0.2) is 54.6 Å². The molecule has 1 N–H and O–H groups in total. The molecular weight excluding hydrogens is 354 g/mol. The van der Waals surface area contributed by atoms with Crippen molar-refractivity contribution in [3.63, 3.8) is 0 Å². The van der Waals surface area contributed by atoms with Gasteiger partial charge in [0.25, 0.3) is 0 Å². The van der Waals surface area contributed by atoms with Crippen LogP contribution in [-0.2, 0) is 5.41 Å². The number of carbonyl (C=O) groups excluding carboxylic acids is 1. The maximum atomic E-state index is 12.4. The Bertz CT molecular complexity index is 952. The molecule has 3 rings (SSSR count). The number of benzene rings is 2. The molecule has 6 nitrogen and oxygen atoms in total. The minimum Gasteiger partial charge on any atom is -0.497 e. The van der Waals surface area contributed by atoms with Crippen LogP contribution in [0.25, 0.3) is 5.69 Å². The van der Waals surface area contributed by atoms with E-state index in [1.165, 1.54) is 0 Å². The molecule has 0 unspecified atom stereocenters. The number of nitrogens with one attached hydrogen (secondary N) is 1. The molecule has 0 aliphatic rings. The Morgan fingerprint density at radius 2 is 1.61 bits per heavy atom. The number of hydrogen-bond donors (Lipinski definition) is 1. The second-order valence-electron chi connectivity index (χ2n) is 7.60. The molecule has 2 aromatic carbocycles. The SMILES string of the molecule is COc1ccc(OC(=O)Nc2cc(C(C)(C)C)nn2-c2ccc(C)cc2)cc1. The minimum atomic E-state index is -0.584. The lowest BCUT2D eigenvalue weighted by atomic mass is 9.92. The summed E-state index contributed by atoms with van der Waals surface area (Å²) in [5, 5.41) is 7.50. The van der Waals surface area contributed by atoms with Crippen molar-refractivity contribution in [2.24, 2.45) is 0 Å². The van der Waals surface area contributed by atoms with E-state index < -0.39 is 6.09 Å². The molecule has 0 saturated heterocycles. The molecule has 3 aromatic rings. The zero-order valence-corrected chi connectivity index (χ0v) is 16.8. The van der Waals surface area contributed by atoms with Gasteiger partial charge in [0.15, 0.2) is 0 Å². The largest absolute Gasteiger partial charge is 0.497 e. The van der Waals surface area contributed by atoms with Gasteiger partial charge in [0.1, 0.15) is 17.3 Å². The van der Waals surface area contributed by atoms with Crippen molar-refractivity contribution in [1.29, 1.82) is 0 Å². The van der Waals surface area contributed by atoms with E-state index in [0.29, 0.717) is 17.3 Å². The third-order valence-corrected chi connectivity index (χ3v) is 4.26. The van der Waals surface area contributed by atoms with E-state index >= 15 is 0 Å². The smallest absolute Gasteiger partial charge is 0.418 e. The summed E-state index contributed by atoms with van der Waals surface area (Å²) < 4.78 is 12.2. The number of aryl methyl sites for hydroxylation is 1. The van der Waals surface area contributed by atoms with E-state index in [9.17, 15) is 4.79 Å². The number of aromatic nitrogens is 2. The first-order chi connectivity index (χ1) is 13.3. The molecule has 0 aliphatic heterocycles. The Balaban J connectivity index is 1.85. The van der Waals surface area contributed by atoms with Crippen LogP contribution >= 0.6 is 0 Å². The van der Waals surface area contributed by atoms with Crippen LogP contribution in [0, 0.1) is 6.92 Å². The van der Waals surface area contributed by atoms with Gasteiger partial charge in [0.2, 0.25) is 0 Å². The standard InChI is InChI=1S/C22H25N3O3/c1-15-6-8-16(9-7-15)25-20(14-19(24-25)22(2,3)4)23-21(26)28-18-12-10-17(27-5)11-13-18/h6-14H,1-5H3,(H,23,26). The first-order valence-corrected chi connectivity index (χ1v) is 9.07. The highest BCUT2D eigenvalue weighted by atomic mass is 16.6. The van der Waals surface area contributed by atoms with Gasteiger partial charge >= 0.3 is 6.09 Å². The number of carbonyl (C=O) groups is 1. The van der Waals surface area contributed by atoms with Crippen LogP contribution in [0.5, 0.6) is 11.5 Å². The molecule has 146 valence electrons. The molecular formula is C22H25N3O3. The van der Waals surface area contributed by atoms with Crippen molar-refractivity contribution in [2.45, 2.75) is 33.1 Å². The van der Waals surface area contributed by atoms with E-state index in [-0.39, 0.29) is 5.41 Å². The monoisotopic (exact) mass is 379 g/mol. The third kappa shape index (κ3) is 4.52. The van der Waals surface area contributed by atoms with Gasteiger partial charge in [-0.1, -0.05) is 38.5 Å². The zero-order valence-electron chi connectivity index (χ0n) is 16.8. The Kier molecular flexibility index (Phi) is 5.40. The van der Waals surface area contributed by atoms with Crippen molar-refractivity contribution < 1.29 is 14.3 Å². The number of amides is 1. The Morgan fingerprint density at radius 3 is 2.18 bits per heavy atom. The second-order valence-corrected chi connectivity index (χ2v) is 7.60. The van der Waals surface area contributed by atoms with Crippen LogP contribution in [0.2, 0.25) is 0 Å². The molecule has 6 heteroatoms. The number of hydrogen-bond acceptors (Lipinski definition) is 4. The van der Waals surface area contributed by atoms with E-state index in [2.05, 4.69) is 26.1 Å². The molecule has 0 aliphatic carbocycles. The zero-order chi connectivity index (χ0) is 20.3. The number of nitrogens with zero attached hydrogens (tertiary/aromatic N) is 2. The molecule has 1 heterocycles. The lowest BCUT2D eigenvalue weighted by Crippen LogP contribution is -2.19. The predicted octanol–water partition coefficient (Wildman–Crippen LogP) is 5.10. The van der Waals surface area contributed by atoms with Crippen LogP contribution in [0.4, 0.5) is 10.6 Å². The average Bonchev–Trinajstić information content (AvgIpc) is 3.07. The van der Waals surface area contributed by atoms with Gasteiger partial charge in [-0.25, -0.2) is 9.48 Å². The highest BCUT2D eigenvalue weighted by molar-refractivity contribution is 5.85. The van der Waals surface area contributed by atoms with Gasteiger partial charge in [0.05, 0.1) is 18.5 Å². The second kappa shape index (κ2) is 7.76. The average molecular weight is 379 g/mol. The normalized spacial score (nSPS) is 11.2. The Morgan fingerprint density at radius 1 is 1.00 bits per heavy atom. The van der Waals surface area contributed by atoms with Crippen molar-refractivity contribution in [3.05, 3.63) is 65.9 Å². The van der Waals surface area contributed by atoms with Crippen molar-refractivity contribution >= 4 is 11.9 Å². The Labute approximate surface area is 165 Å². The predicted molar refractivity (Wildman–Crippen MR) is 110 cm³/mol. The van der Waals surface area contributed by atoms with Gasteiger partial charge in [0, 0.05) is 11.5 Å². The van der Waals surface area contributed by atoms with E-state index in [1.54, 1.807) is 36.1 Å². The minimum absolute atomic E-state index is 0.160. The molecule has 1 amide bonds. The van der Waals surface area contributed by atoms with E-state index in [1.807, 2.05) is 37.3 Å². The fraction of sp³-hybridized carbons (Fsp3) is 0.273. The summed E-state index contributed by atoms with van der Waals surface area (Å²) >= 11 is 0. The Hall–Kier alpha value is -3.28. The molecule has 0 fully saturated rings. The van der Waals surface area contributed by atoms with E-state index in [0.717, 1.165) is 16.9 Å². The molecule has 28 heavy (non-hydrogen) atoms. The van der Waals surface area contributed by atoms with E-state index in [4.69, 9.17) is 14.6 Å². The van der Waals surface area contributed by atoms with Crippen molar-refractivity contribution in [2.75, 3.05) is 12.4 Å². The molecule has 0 spiro atoms. The number of rotatable bonds is 4. The fourth-order valence-corrected chi connectivity index (χ4v) is 2.60. The molecule has 0 bridgehead atoms. The molecule has 1 aromatic heterocycles. The lowest BCUT2D eigenvalue weighted by Gasteiger charge is -2.14. The fourth-order valence-electron chi connectivity index (χ4n) is 2.60. The van der Waals surface area contributed by atoms with Crippen LogP contribution in [0.3, 0.4) is 0 Å². The quantitative estimate of drug-likeness (QED) is 0.685. The first kappa shape index (κ1) is 19.5. The molecule has 0 radical (unpaired) electrons. The topological polar surface area (TPSA) is 65.4 Å². The third-order valence-electron chi connectivity index (χ3n) is 4.26. The van der Waals surface area contributed by atoms with Gasteiger partial charge in [-0.15, -0.1) is 0 Å². The maximum absolute atomic E-state index is 12.4. The number of anilines is 1. The molecule has 0 atom stereocenters. The summed E-state index contributed by atoms with van der Waals surface area (Å²) in [4.78, 5) is 12.4. The maximum Gasteiger partial charge on any atom is 0.418 e. The summed E-state index contributed by atoms with van der Waals surface area (Å²) in [5.41, 5.74) is 2.72. The summed E-state index contributed by atoms with van der Waals surface area (Å²) in [7, 11) is 1.58. The van der Waals surface area contributed by atoms with Gasteiger partial charge in [-0.3, -0.25) is 5.32 Å². The van der Waals surface area contributed by atoms with Crippen LogP contribution < -0.4 is 14.8 Å². The lowest BCUT2D eigenvalue weighted by molar-refractivity contribution is 0.215. The highest BCUT2D eigenvalue weighted by Crippen LogP contribution is 2.27. The summed E-state index contributed by atoms with van der Waals surface area (Å²) in [5.74, 6) is 1.67. The van der Waals surface area contributed by atoms with Gasteiger partial charge in [-0.05, 0) is 43.3 Å². The van der Waals surface area contributed by atoms with Gasteiger partial charge in [-0.2, -0.15) is 5.10 Å². The highest BCUT2D eigenvalue weighted by Gasteiger charge is 2.22.